The van der Waals surface area contributed by atoms with Crippen LogP contribution in [-0.2, 0) is 0 Å². The van der Waals surface area contributed by atoms with Crippen molar-refractivity contribution in [3.05, 3.63) is 125 Å². The Hall–Kier alpha value is -5.17. The number of para-hydroxylation sites is 2. The monoisotopic (exact) mass is 571 g/mol. The second kappa shape index (κ2) is 9.98. The van der Waals surface area contributed by atoms with Gasteiger partial charge in [0.25, 0.3) is 0 Å². The molecular weight excluding hydrogens is 542 g/mol. The van der Waals surface area contributed by atoms with E-state index in [1.165, 1.54) is 14.2 Å². The SMILES string of the molecule is COc1ccc(C(=O)[C@H]2[C@H](c3cccc(OC)c3OC)C3(C(=O)c4ccccc4C3=O)[C@@H]3C=Cc4ccccc4N32)cc1. The van der Waals surface area contributed by atoms with Crippen LogP contribution in [-0.4, -0.2) is 50.8 Å². The normalized spacial score (nSPS) is 20.9. The summed E-state index contributed by atoms with van der Waals surface area (Å²) in [6.07, 6.45) is 3.85. The van der Waals surface area contributed by atoms with Gasteiger partial charge in [-0.25, -0.2) is 0 Å². The molecule has 0 bridgehead atoms. The molecule has 0 saturated carbocycles. The first-order chi connectivity index (χ1) is 21.0. The van der Waals surface area contributed by atoms with Crippen molar-refractivity contribution in [1.29, 1.82) is 0 Å². The summed E-state index contributed by atoms with van der Waals surface area (Å²) < 4.78 is 16.9. The molecule has 1 spiro atoms. The van der Waals surface area contributed by atoms with E-state index in [4.69, 9.17) is 14.2 Å². The molecule has 214 valence electrons. The molecule has 0 amide bonds. The molecule has 0 aromatic heterocycles. The fourth-order valence-corrected chi connectivity index (χ4v) is 7.34. The minimum Gasteiger partial charge on any atom is -0.497 e. The van der Waals surface area contributed by atoms with Gasteiger partial charge in [-0.1, -0.05) is 66.7 Å². The number of nitrogens with zero attached hydrogens (tertiary/aromatic N) is 1. The van der Waals surface area contributed by atoms with Crippen LogP contribution < -0.4 is 19.1 Å². The van der Waals surface area contributed by atoms with Crippen molar-refractivity contribution in [1.82, 2.24) is 0 Å². The lowest BCUT2D eigenvalue weighted by Crippen LogP contribution is -2.48. The third kappa shape index (κ3) is 3.57. The fourth-order valence-electron chi connectivity index (χ4n) is 7.34. The second-order valence-corrected chi connectivity index (χ2v) is 10.9. The zero-order chi connectivity index (χ0) is 29.9. The Kier molecular flexibility index (Phi) is 6.20. The molecule has 2 aliphatic heterocycles. The molecule has 0 unspecified atom stereocenters. The molecule has 7 nitrogen and oxygen atoms in total. The first-order valence-corrected chi connectivity index (χ1v) is 14.1. The Labute approximate surface area is 249 Å². The average Bonchev–Trinajstić information content (AvgIpc) is 3.49. The van der Waals surface area contributed by atoms with Gasteiger partial charge in [0.15, 0.2) is 28.8 Å². The largest absolute Gasteiger partial charge is 0.497 e. The summed E-state index contributed by atoms with van der Waals surface area (Å²) in [5, 5.41) is 0. The van der Waals surface area contributed by atoms with Gasteiger partial charge < -0.3 is 19.1 Å². The van der Waals surface area contributed by atoms with Gasteiger partial charge in [-0.3, -0.25) is 14.4 Å². The van der Waals surface area contributed by atoms with Crippen LogP contribution in [0.25, 0.3) is 6.08 Å². The number of hydrogen-bond donors (Lipinski definition) is 0. The Morgan fingerprint density at radius 1 is 0.744 bits per heavy atom. The summed E-state index contributed by atoms with van der Waals surface area (Å²) in [5.74, 6) is -0.288. The predicted molar refractivity (Wildman–Crippen MR) is 163 cm³/mol. The van der Waals surface area contributed by atoms with Gasteiger partial charge in [-0.2, -0.15) is 0 Å². The highest BCUT2D eigenvalue weighted by Crippen LogP contribution is 2.62. The summed E-state index contributed by atoms with van der Waals surface area (Å²) in [6, 6.07) is 25.3. The molecule has 4 aromatic carbocycles. The third-order valence-electron chi connectivity index (χ3n) is 9.12. The number of hydrogen-bond acceptors (Lipinski definition) is 7. The molecule has 2 heterocycles. The molecule has 43 heavy (non-hydrogen) atoms. The van der Waals surface area contributed by atoms with Gasteiger partial charge in [0.2, 0.25) is 0 Å². The Morgan fingerprint density at radius 3 is 2.07 bits per heavy atom. The Bertz CT molecular complexity index is 1790. The molecule has 1 aliphatic carbocycles. The lowest BCUT2D eigenvalue weighted by Gasteiger charge is -2.37. The van der Waals surface area contributed by atoms with Crippen molar-refractivity contribution in [3.63, 3.8) is 0 Å². The highest BCUT2D eigenvalue weighted by Gasteiger charge is 2.72. The molecule has 0 radical (unpaired) electrons. The highest BCUT2D eigenvalue weighted by molar-refractivity contribution is 6.32. The molecule has 7 heteroatoms. The molecule has 3 aliphatic rings. The van der Waals surface area contributed by atoms with Crippen LogP contribution in [0.3, 0.4) is 0 Å². The maximum atomic E-state index is 14.9. The number of ketones is 3. The Balaban J connectivity index is 1.56. The van der Waals surface area contributed by atoms with Crippen LogP contribution in [0.1, 0.15) is 48.1 Å². The van der Waals surface area contributed by atoms with E-state index < -0.39 is 23.4 Å². The number of benzene rings is 4. The first kappa shape index (κ1) is 26.7. The second-order valence-electron chi connectivity index (χ2n) is 10.9. The van der Waals surface area contributed by atoms with Gasteiger partial charge in [0.05, 0.1) is 27.4 Å². The number of carbonyl (C=O) groups is 3. The van der Waals surface area contributed by atoms with Crippen LogP contribution in [0.5, 0.6) is 17.2 Å². The Morgan fingerprint density at radius 2 is 1.42 bits per heavy atom. The summed E-state index contributed by atoms with van der Waals surface area (Å²) >= 11 is 0. The lowest BCUT2D eigenvalue weighted by molar-refractivity contribution is 0.0664. The molecule has 1 fully saturated rings. The zero-order valence-corrected chi connectivity index (χ0v) is 23.9. The maximum Gasteiger partial charge on any atom is 0.185 e. The molecule has 0 N–H and O–H groups in total. The van der Waals surface area contributed by atoms with Gasteiger partial charge in [-0.15, -0.1) is 0 Å². The summed E-state index contributed by atoms with van der Waals surface area (Å²) in [7, 11) is 4.63. The summed E-state index contributed by atoms with van der Waals surface area (Å²) in [4.78, 5) is 46.5. The summed E-state index contributed by atoms with van der Waals surface area (Å²) in [5.41, 5.74) is 1.77. The van der Waals surface area contributed by atoms with E-state index >= 15 is 0 Å². The lowest BCUT2D eigenvalue weighted by atomic mass is 9.64. The topological polar surface area (TPSA) is 82.1 Å². The minimum atomic E-state index is -1.64. The average molecular weight is 572 g/mol. The van der Waals surface area contributed by atoms with Crippen molar-refractivity contribution in [2.24, 2.45) is 5.41 Å². The number of anilines is 1. The van der Waals surface area contributed by atoms with Crippen molar-refractivity contribution >= 4 is 29.1 Å². The van der Waals surface area contributed by atoms with Gasteiger partial charge in [-0.05, 0) is 42.0 Å². The van der Waals surface area contributed by atoms with E-state index in [1.807, 2.05) is 47.4 Å². The number of methoxy groups -OCH3 is 3. The van der Waals surface area contributed by atoms with Gasteiger partial charge in [0.1, 0.15) is 17.2 Å². The van der Waals surface area contributed by atoms with Crippen LogP contribution in [0.4, 0.5) is 5.69 Å². The summed E-state index contributed by atoms with van der Waals surface area (Å²) in [6.45, 7) is 0. The number of carbonyl (C=O) groups excluding carboxylic acids is 3. The smallest absolute Gasteiger partial charge is 0.185 e. The van der Waals surface area contributed by atoms with Gasteiger partial charge in [0, 0.05) is 33.9 Å². The maximum absolute atomic E-state index is 14.9. The van der Waals surface area contributed by atoms with E-state index in [9.17, 15) is 14.4 Å². The number of Topliss-reactive ketones (excluding diaryl/α,β-unsaturated/α-hetero) is 3. The number of fused-ring (bicyclic) bond motifs is 5. The fraction of sp³-hybridized carbons (Fsp3) is 0.194. The molecule has 1 saturated heterocycles. The van der Waals surface area contributed by atoms with E-state index in [1.54, 1.807) is 67.8 Å². The van der Waals surface area contributed by atoms with Gasteiger partial charge >= 0.3 is 0 Å². The standard InChI is InChI=1S/C36H29NO6/c1-41-23-18-15-22(16-19-23)32(38)31-30(26-12-8-14-28(42-2)33(26)43-3)36(34(39)24-10-5-6-11-25(24)35(36)40)29-20-17-21-9-4-7-13-27(21)37(29)31/h4-20,29-31H,1-3H3/t29-,30-,31+/m0/s1. The van der Waals surface area contributed by atoms with Crippen molar-refractivity contribution in [2.45, 2.75) is 18.0 Å². The molecule has 3 atom stereocenters. The minimum absolute atomic E-state index is 0.221. The van der Waals surface area contributed by atoms with Crippen LogP contribution >= 0.6 is 0 Å². The van der Waals surface area contributed by atoms with E-state index in [0.717, 1.165) is 11.3 Å². The quantitative estimate of drug-likeness (QED) is 0.207. The molecular formula is C36H29NO6. The zero-order valence-electron chi connectivity index (χ0n) is 23.9. The van der Waals surface area contributed by atoms with E-state index in [0.29, 0.717) is 39.5 Å². The van der Waals surface area contributed by atoms with Crippen LogP contribution in [0, 0.1) is 5.41 Å². The van der Waals surface area contributed by atoms with Crippen LogP contribution in [0.15, 0.2) is 97.1 Å². The van der Waals surface area contributed by atoms with E-state index in [-0.39, 0.29) is 17.3 Å². The highest BCUT2D eigenvalue weighted by atomic mass is 16.5. The number of rotatable bonds is 6. The van der Waals surface area contributed by atoms with Crippen LogP contribution in [0.2, 0.25) is 0 Å². The van der Waals surface area contributed by atoms with Crippen molar-refractivity contribution < 1.29 is 28.6 Å². The molecule has 7 rings (SSSR count). The first-order valence-electron chi connectivity index (χ1n) is 14.1. The predicted octanol–water partition coefficient (Wildman–Crippen LogP) is 6.03. The van der Waals surface area contributed by atoms with E-state index in [2.05, 4.69) is 0 Å². The van der Waals surface area contributed by atoms with Crippen molar-refractivity contribution in [3.8, 4) is 17.2 Å². The number of ether oxygens (including phenoxy) is 3. The molecule has 4 aromatic rings. The van der Waals surface area contributed by atoms with Crippen molar-refractivity contribution in [2.75, 3.05) is 26.2 Å². The third-order valence-corrected chi connectivity index (χ3v) is 9.12.